The molecule has 27 heavy (non-hydrogen) atoms. The zero-order chi connectivity index (χ0) is 17.2. The van der Waals surface area contributed by atoms with Crippen molar-refractivity contribution >= 4 is 36.4 Å². The van der Waals surface area contributed by atoms with Gasteiger partial charge in [-0.25, -0.2) is 0 Å². The van der Waals surface area contributed by atoms with Gasteiger partial charge in [-0.1, -0.05) is 24.6 Å². The molecule has 3 N–H and O–H groups in total. The third-order valence-electron chi connectivity index (χ3n) is 6.75. The summed E-state index contributed by atoms with van der Waals surface area (Å²) in [5.74, 6) is 1.63. The van der Waals surface area contributed by atoms with E-state index < -0.39 is 0 Å². The van der Waals surface area contributed by atoms with Crippen molar-refractivity contribution in [1.29, 1.82) is 0 Å². The van der Waals surface area contributed by atoms with Crippen LogP contribution in [0, 0.1) is 17.8 Å². The monoisotopic (exact) mass is 413 g/mol. The summed E-state index contributed by atoms with van der Waals surface area (Å²) in [7, 11) is 0. The molecule has 3 fully saturated rings. The third kappa shape index (κ3) is 5.10. The Labute approximate surface area is 175 Å². The van der Waals surface area contributed by atoms with Crippen LogP contribution in [0.1, 0.15) is 44.9 Å². The third-order valence-corrected chi connectivity index (χ3v) is 6.75. The van der Waals surface area contributed by atoms with Gasteiger partial charge in [-0.2, -0.15) is 0 Å². The topological polar surface area (TPSA) is 58.4 Å². The largest absolute Gasteiger partial charge is 0.371 e. The highest BCUT2D eigenvalue weighted by Gasteiger charge is 2.40. The van der Waals surface area contributed by atoms with Crippen molar-refractivity contribution < 1.29 is 4.79 Å². The Morgan fingerprint density at radius 1 is 0.963 bits per heavy atom. The fourth-order valence-corrected chi connectivity index (χ4v) is 5.24. The number of fused-ring (bicyclic) bond motifs is 2. The first-order valence-corrected chi connectivity index (χ1v) is 10.1. The maximum Gasteiger partial charge on any atom is 0.223 e. The number of hydrogen-bond acceptors (Lipinski definition) is 3. The number of nitrogens with zero attached hydrogens (tertiary/aromatic N) is 1. The van der Waals surface area contributed by atoms with Crippen LogP contribution in [0.25, 0.3) is 0 Å². The summed E-state index contributed by atoms with van der Waals surface area (Å²) >= 11 is 0. The Balaban J connectivity index is 0.00000131. The molecule has 4 nitrogen and oxygen atoms in total. The predicted molar refractivity (Wildman–Crippen MR) is 116 cm³/mol. The van der Waals surface area contributed by atoms with E-state index in [-0.39, 0.29) is 30.7 Å². The van der Waals surface area contributed by atoms with E-state index in [1.54, 1.807) is 0 Å². The molecule has 1 saturated heterocycles. The van der Waals surface area contributed by atoms with E-state index in [0.717, 1.165) is 38.8 Å². The fraction of sp³-hybridized carbons (Fsp3) is 0.667. The van der Waals surface area contributed by atoms with Crippen molar-refractivity contribution in [2.24, 2.45) is 23.5 Å². The van der Waals surface area contributed by atoms with Gasteiger partial charge in [-0.05, 0) is 62.5 Å². The number of para-hydroxylation sites is 1. The molecule has 1 aliphatic heterocycles. The lowest BCUT2D eigenvalue weighted by Gasteiger charge is -2.44. The van der Waals surface area contributed by atoms with Gasteiger partial charge >= 0.3 is 0 Å². The molecule has 2 aliphatic carbocycles. The van der Waals surface area contributed by atoms with E-state index in [9.17, 15) is 4.79 Å². The summed E-state index contributed by atoms with van der Waals surface area (Å²) in [5.41, 5.74) is 7.66. The summed E-state index contributed by atoms with van der Waals surface area (Å²) < 4.78 is 0. The second-order valence-corrected chi connectivity index (χ2v) is 8.30. The number of carbonyl (C=O) groups is 1. The van der Waals surface area contributed by atoms with Crippen molar-refractivity contribution in [3.8, 4) is 0 Å². The normalized spacial score (nSPS) is 30.6. The number of rotatable bonds is 3. The lowest BCUT2D eigenvalue weighted by Crippen LogP contribution is -2.51. The van der Waals surface area contributed by atoms with E-state index in [1.807, 2.05) is 0 Å². The minimum absolute atomic E-state index is 0. The zero-order valence-corrected chi connectivity index (χ0v) is 17.5. The standard InChI is InChI=1S/C21H31N3O.2ClH/c22-20-15-5-4-6-16(20)14-17(13-15)21(25)23-18-9-11-24(12-10-18)19-7-2-1-3-8-19;;/h1-3,7-8,15-18,20H,4-6,9-14,22H2,(H,23,25);2*1H. The second-order valence-electron chi connectivity index (χ2n) is 8.30. The Bertz CT molecular complexity index is 578. The number of piperidine rings is 1. The van der Waals surface area contributed by atoms with Crippen molar-refractivity contribution in [2.75, 3.05) is 18.0 Å². The van der Waals surface area contributed by atoms with E-state index in [1.165, 1.54) is 24.9 Å². The van der Waals surface area contributed by atoms with Crippen LogP contribution in [0.5, 0.6) is 0 Å². The van der Waals surface area contributed by atoms with Crippen LogP contribution in [-0.2, 0) is 4.79 Å². The summed E-state index contributed by atoms with van der Waals surface area (Å²) in [4.78, 5) is 15.2. The molecular weight excluding hydrogens is 381 g/mol. The molecule has 1 aromatic carbocycles. The van der Waals surface area contributed by atoms with E-state index >= 15 is 0 Å². The maximum absolute atomic E-state index is 12.8. The first-order valence-electron chi connectivity index (χ1n) is 10.1. The number of benzene rings is 1. The van der Waals surface area contributed by atoms with Gasteiger partial charge in [0.15, 0.2) is 0 Å². The van der Waals surface area contributed by atoms with Gasteiger partial charge in [-0.3, -0.25) is 4.79 Å². The highest BCUT2D eigenvalue weighted by Crippen LogP contribution is 2.42. The number of carbonyl (C=O) groups excluding carboxylic acids is 1. The summed E-state index contributed by atoms with van der Waals surface area (Å²) in [6.45, 7) is 2.05. The molecule has 1 amide bonds. The minimum Gasteiger partial charge on any atom is -0.371 e. The first kappa shape index (κ1) is 22.3. The first-order chi connectivity index (χ1) is 12.2. The molecule has 1 aromatic rings. The smallest absolute Gasteiger partial charge is 0.223 e. The lowest BCUT2D eigenvalue weighted by atomic mass is 9.65. The fourth-order valence-electron chi connectivity index (χ4n) is 5.24. The molecule has 2 unspecified atom stereocenters. The molecule has 152 valence electrons. The molecule has 4 rings (SSSR count). The Morgan fingerprint density at radius 3 is 2.15 bits per heavy atom. The summed E-state index contributed by atoms with van der Waals surface area (Å²) in [5, 5.41) is 3.36. The van der Waals surface area contributed by atoms with Gasteiger partial charge in [0.1, 0.15) is 0 Å². The molecule has 3 aliphatic rings. The van der Waals surface area contributed by atoms with Crippen LogP contribution < -0.4 is 16.0 Å². The van der Waals surface area contributed by atoms with Crippen LogP contribution in [0.4, 0.5) is 5.69 Å². The van der Waals surface area contributed by atoms with E-state index in [4.69, 9.17) is 5.73 Å². The Kier molecular flexibility index (Phi) is 8.26. The predicted octanol–water partition coefficient (Wildman–Crippen LogP) is 3.77. The number of halogens is 2. The van der Waals surface area contributed by atoms with Crippen LogP contribution in [-0.4, -0.2) is 31.1 Å². The Hall–Kier alpha value is -0.970. The van der Waals surface area contributed by atoms with E-state index in [2.05, 4.69) is 40.5 Å². The number of hydrogen-bond donors (Lipinski definition) is 2. The molecule has 0 aromatic heterocycles. The van der Waals surface area contributed by atoms with Crippen molar-refractivity contribution in [2.45, 2.75) is 57.0 Å². The van der Waals surface area contributed by atoms with Gasteiger partial charge < -0.3 is 16.0 Å². The number of nitrogens with one attached hydrogen (secondary N) is 1. The highest BCUT2D eigenvalue weighted by molar-refractivity contribution is 5.85. The number of anilines is 1. The quantitative estimate of drug-likeness (QED) is 0.792. The minimum atomic E-state index is 0. The average Bonchev–Trinajstić information content (AvgIpc) is 2.63. The molecule has 2 saturated carbocycles. The summed E-state index contributed by atoms with van der Waals surface area (Å²) in [6, 6.07) is 11.3. The Morgan fingerprint density at radius 2 is 1.56 bits per heavy atom. The van der Waals surface area contributed by atoms with Crippen LogP contribution in [0.3, 0.4) is 0 Å². The van der Waals surface area contributed by atoms with Crippen LogP contribution in [0.2, 0.25) is 0 Å². The van der Waals surface area contributed by atoms with Gasteiger partial charge in [0, 0.05) is 36.8 Å². The second kappa shape index (κ2) is 9.99. The molecule has 2 bridgehead atoms. The molecule has 1 heterocycles. The van der Waals surface area contributed by atoms with E-state index in [0.29, 0.717) is 29.8 Å². The van der Waals surface area contributed by atoms with Gasteiger partial charge in [0.05, 0.1) is 0 Å². The van der Waals surface area contributed by atoms with Crippen molar-refractivity contribution in [3.63, 3.8) is 0 Å². The molecule has 6 heteroatoms. The summed E-state index contributed by atoms with van der Waals surface area (Å²) in [6.07, 6.45) is 7.83. The SMILES string of the molecule is Cl.Cl.NC1C2CCCC1CC(C(=O)NC1CCN(c3ccccc3)CC1)C2. The number of nitrogens with two attached hydrogens (primary N) is 1. The average molecular weight is 414 g/mol. The van der Waals surface area contributed by atoms with Gasteiger partial charge in [0.2, 0.25) is 5.91 Å². The van der Waals surface area contributed by atoms with Crippen LogP contribution >= 0.6 is 24.8 Å². The van der Waals surface area contributed by atoms with Crippen molar-refractivity contribution in [3.05, 3.63) is 30.3 Å². The molecule has 0 radical (unpaired) electrons. The highest BCUT2D eigenvalue weighted by atomic mass is 35.5. The molecular formula is C21H33Cl2N3O. The maximum atomic E-state index is 12.8. The number of amides is 1. The van der Waals surface area contributed by atoms with Gasteiger partial charge in [-0.15, -0.1) is 24.8 Å². The van der Waals surface area contributed by atoms with Gasteiger partial charge in [0.25, 0.3) is 0 Å². The molecule has 0 spiro atoms. The molecule has 2 atom stereocenters. The zero-order valence-electron chi connectivity index (χ0n) is 15.9. The van der Waals surface area contributed by atoms with Crippen molar-refractivity contribution in [1.82, 2.24) is 5.32 Å². The van der Waals surface area contributed by atoms with Crippen LogP contribution in [0.15, 0.2) is 30.3 Å². The lowest BCUT2D eigenvalue weighted by molar-refractivity contribution is -0.128.